The van der Waals surface area contributed by atoms with Gasteiger partial charge >= 0.3 is 0 Å². The lowest BCUT2D eigenvalue weighted by Gasteiger charge is -2.02. The van der Waals surface area contributed by atoms with Gasteiger partial charge in [0.2, 0.25) is 5.82 Å². The van der Waals surface area contributed by atoms with Crippen molar-refractivity contribution in [3.63, 3.8) is 0 Å². The molecule has 9 heteroatoms. The van der Waals surface area contributed by atoms with Crippen molar-refractivity contribution in [3.05, 3.63) is 48.0 Å². The number of hydrogen-bond donors (Lipinski definition) is 0. The molecular formula is C13H7FN6OS. The van der Waals surface area contributed by atoms with Crippen LogP contribution < -0.4 is 0 Å². The summed E-state index contributed by atoms with van der Waals surface area (Å²) in [6.07, 6.45) is 3.14. The van der Waals surface area contributed by atoms with Crippen LogP contribution in [-0.4, -0.2) is 30.1 Å². The Balaban J connectivity index is 1.77. The number of nitrogens with zero attached hydrogens (tertiary/aromatic N) is 6. The first-order valence-corrected chi connectivity index (χ1v) is 7.09. The molecule has 0 saturated carbocycles. The van der Waals surface area contributed by atoms with E-state index >= 15 is 0 Å². The molecule has 3 heterocycles. The maximum atomic E-state index is 13.4. The summed E-state index contributed by atoms with van der Waals surface area (Å²) in [5, 5.41) is 11.7. The molecule has 0 saturated heterocycles. The summed E-state index contributed by atoms with van der Waals surface area (Å²) in [6, 6.07) is 6.00. The van der Waals surface area contributed by atoms with E-state index in [0.29, 0.717) is 17.2 Å². The third kappa shape index (κ3) is 2.17. The molecule has 4 rings (SSSR count). The van der Waals surface area contributed by atoms with E-state index in [9.17, 15) is 4.39 Å². The van der Waals surface area contributed by atoms with E-state index in [1.165, 1.54) is 34.3 Å². The quantitative estimate of drug-likeness (QED) is 0.578. The lowest BCUT2D eigenvalue weighted by molar-refractivity contribution is 0.430. The Morgan fingerprint density at radius 1 is 1.23 bits per heavy atom. The lowest BCUT2D eigenvalue weighted by Crippen LogP contribution is -1.99. The molecule has 3 aromatic heterocycles. The van der Waals surface area contributed by atoms with Crippen molar-refractivity contribution < 1.29 is 8.91 Å². The summed E-state index contributed by atoms with van der Waals surface area (Å²) < 4.78 is 20.1. The Kier molecular flexibility index (Phi) is 2.97. The first-order chi connectivity index (χ1) is 10.8. The van der Waals surface area contributed by atoms with Gasteiger partial charge < -0.3 is 4.52 Å². The van der Waals surface area contributed by atoms with Gasteiger partial charge in [0, 0.05) is 6.20 Å². The van der Waals surface area contributed by atoms with Crippen molar-refractivity contribution in [3.8, 4) is 28.0 Å². The second-order valence-corrected chi connectivity index (χ2v) is 5.19. The third-order valence-electron chi connectivity index (χ3n) is 2.90. The summed E-state index contributed by atoms with van der Waals surface area (Å²) in [4.78, 5) is 9.06. The molecule has 0 aliphatic rings. The largest absolute Gasteiger partial charge is 0.332 e. The van der Waals surface area contributed by atoms with Gasteiger partial charge in [-0.3, -0.25) is 4.98 Å². The molecule has 0 amide bonds. The molecular weight excluding hydrogens is 307 g/mol. The highest BCUT2D eigenvalue weighted by molar-refractivity contribution is 7.13. The minimum atomic E-state index is -0.366. The number of aromatic nitrogens is 6. The SMILES string of the molecule is Fc1cccc(-n2nncc2-c2nc(-c3cncs3)no2)c1. The van der Waals surface area contributed by atoms with Gasteiger partial charge in [-0.2, -0.15) is 4.98 Å². The Bertz CT molecular complexity index is 916. The van der Waals surface area contributed by atoms with Crippen molar-refractivity contribution in [1.29, 1.82) is 0 Å². The molecule has 0 atom stereocenters. The minimum absolute atomic E-state index is 0.248. The minimum Gasteiger partial charge on any atom is -0.332 e. The van der Waals surface area contributed by atoms with Crippen LogP contribution in [0.5, 0.6) is 0 Å². The highest BCUT2D eigenvalue weighted by Crippen LogP contribution is 2.25. The van der Waals surface area contributed by atoms with Crippen molar-refractivity contribution in [2.24, 2.45) is 0 Å². The normalized spacial score (nSPS) is 11.0. The van der Waals surface area contributed by atoms with Gasteiger partial charge in [0.05, 0.1) is 22.3 Å². The second-order valence-electron chi connectivity index (χ2n) is 4.30. The highest BCUT2D eigenvalue weighted by Gasteiger charge is 2.17. The summed E-state index contributed by atoms with van der Waals surface area (Å²) in [5.74, 6) is 0.317. The van der Waals surface area contributed by atoms with Crippen LogP contribution in [0.15, 0.2) is 46.7 Å². The van der Waals surface area contributed by atoms with Crippen molar-refractivity contribution in [2.45, 2.75) is 0 Å². The molecule has 4 aromatic rings. The van der Waals surface area contributed by atoms with E-state index in [2.05, 4.69) is 25.4 Å². The predicted octanol–water partition coefficient (Wildman–Crippen LogP) is 2.58. The molecule has 0 bridgehead atoms. The Morgan fingerprint density at radius 3 is 3.00 bits per heavy atom. The van der Waals surface area contributed by atoms with Crippen LogP contribution in [0.1, 0.15) is 0 Å². The van der Waals surface area contributed by atoms with Gasteiger partial charge in [-0.25, -0.2) is 9.07 Å². The highest BCUT2D eigenvalue weighted by atomic mass is 32.1. The molecule has 0 fully saturated rings. The van der Waals surface area contributed by atoms with Crippen molar-refractivity contribution in [2.75, 3.05) is 0 Å². The zero-order valence-corrected chi connectivity index (χ0v) is 11.7. The van der Waals surface area contributed by atoms with Crippen LogP contribution >= 0.6 is 11.3 Å². The number of halogens is 1. The Hall–Kier alpha value is -2.94. The fraction of sp³-hybridized carbons (Fsp3) is 0. The summed E-state index contributed by atoms with van der Waals surface area (Å²) >= 11 is 1.41. The molecule has 108 valence electrons. The van der Waals surface area contributed by atoms with Gasteiger partial charge in [0.15, 0.2) is 5.69 Å². The van der Waals surface area contributed by atoms with Crippen LogP contribution in [0.4, 0.5) is 4.39 Å². The van der Waals surface area contributed by atoms with Gasteiger partial charge in [-0.1, -0.05) is 16.4 Å². The van der Waals surface area contributed by atoms with Gasteiger partial charge in [-0.15, -0.1) is 16.4 Å². The van der Waals surface area contributed by atoms with Gasteiger partial charge in [0.1, 0.15) is 5.82 Å². The zero-order valence-electron chi connectivity index (χ0n) is 10.9. The standard InChI is InChI=1S/C13H7FN6OS/c14-8-2-1-3-9(4-8)20-10(5-16-19-20)13-17-12(18-21-13)11-6-15-7-22-11/h1-7H. The number of benzene rings is 1. The maximum absolute atomic E-state index is 13.4. The Morgan fingerprint density at radius 2 is 2.18 bits per heavy atom. The first-order valence-electron chi connectivity index (χ1n) is 6.21. The first kappa shape index (κ1) is 12.8. The molecule has 22 heavy (non-hydrogen) atoms. The molecule has 0 spiro atoms. The lowest BCUT2D eigenvalue weighted by atomic mass is 10.3. The maximum Gasteiger partial charge on any atom is 0.278 e. The Labute approximate surface area is 127 Å². The van der Waals surface area contributed by atoms with E-state index in [1.807, 2.05) is 0 Å². The van der Waals surface area contributed by atoms with Crippen LogP contribution in [0.25, 0.3) is 28.0 Å². The molecule has 0 aliphatic carbocycles. The van der Waals surface area contributed by atoms with Crippen LogP contribution in [0.3, 0.4) is 0 Å². The summed E-state index contributed by atoms with van der Waals surface area (Å²) in [7, 11) is 0. The molecule has 0 aliphatic heterocycles. The summed E-state index contributed by atoms with van der Waals surface area (Å²) in [6.45, 7) is 0. The fourth-order valence-electron chi connectivity index (χ4n) is 1.93. The zero-order chi connectivity index (χ0) is 14.9. The number of rotatable bonds is 3. The molecule has 0 radical (unpaired) electrons. The van der Waals surface area contributed by atoms with Gasteiger partial charge in [-0.05, 0) is 18.2 Å². The average molecular weight is 314 g/mol. The molecule has 0 N–H and O–H groups in total. The number of hydrogen-bond acceptors (Lipinski definition) is 7. The van der Waals surface area contributed by atoms with Crippen LogP contribution in [0, 0.1) is 5.82 Å². The van der Waals surface area contributed by atoms with Gasteiger partial charge in [0.25, 0.3) is 5.89 Å². The van der Waals surface area contributed by atoms with E-state index in [0.717, 1.165) is 4.88 Å². The van der Waals surface area contributed by atoms with Crippen LogP contribution in [0.2, 0.25) is 0 Å². The third-order valence-corrected chi connectivity index (χ3v) is 3.67. The van der Waals surface area contributed by atoms with Crippen molar-refractivity contribution in [1.82, 2.24) is 30.1 Å². The fourth-order valence-corrected chi connectivity index (χ4v) is 2.48. The van der Waals surface area contributed by atoms with E-state index in [4.69, 9.17) is 4.52 Å². The smallest absolute Gasteiger partial charge is 0.278 e. The number of thiazole rings is 1. The topological polar surface area (TPSA) is 82.5 Å². The summed E-state index contributed by atoms with van der Waals surface area (Å²) in [5.41, 5.74) is 2.68. The molecule has 1 aromatic carbocycles. The molecule has 0 unspecified atom stereocenters. The van der Waals surface area contributed by atoms with E-state index in [1.54, 1.807) is 23.8 Å². The van der Waals surface area contributed by atoms with Crippen LogP contribution in [-0.2, 0) is 0 Å². The average Bonchev–Trinajstić information content (AvgIpc) is 3.27. The predicted molar refractivity (Wildman–Crippen MR) is 75.7 cm³/mol. The second kappa shape index (κ2) is 5.11. The van der Waals surface area contributed by atoms with E-state index in [-0.39, 0.29) is 11.7 Å². The molecule has 7 nitrogen and oxygen atoms in total. The van der Waals surface area contributed by atoms with Crippen molar-refractivity contribution >= 4 is 11.3 Å². The monoisotopic (exact) mass is 314 g/mol. The van der Waals surface area contributed by atoms with E-state index < -0.39 is 0 Å².